The Hall–Kier alpha value is -0.510. The van der Waals surface area contributed by atoms with Crippen LogP contribution >= 0.6 is 11.9 Å². The standard InChI is InChI=1S/C13H17NO2S/c15-11-12(17-14-13(11)16)10-8-2-6-1-7(4-8)5-9(10)3-6/h6-10,12H,1-5H2,(H,14,16). The van der Waals surface area contributed by atoms with Gasteiger partial charge in [0.2, 0.25) is 5.78 Å². The van der Waals surface area contributed by atoms with Crippen molar-refractivity contribution >= 4 is 23.6 Å². The lowest BCUT2D eigenvalue weighted by Gasteiger charge is -2.55. The summed E-state index contributed by atoms with van der Waals surface area (Å²) >= 11 is 1.39. The third-order valence-corrected chi connectivity index (χ3v) is 6.50. The number of hydrogen-bond donors (Lipinski definition) is 1. The van der Waals surface area contributed by atoms with Crippen molar-refractivity contribution in [3.8, 4) is 0 Å². The van der Waals surface area contributed by atoms with Crippen molar-refractivity contribution in [3.63, 3.8) is 0 Å². The van der Waals surface area contributed by atoms with Crippen LogP contribution in [-0.2, 0) is 9.59 Å². The molecule has 0 radical (unpaired) electrons. The minimum atomic E-state index is -0.367. The molecule has 1 saturated heterocycles. The highest BCUT2D eigenvalue weighted by Gasteiger charge is 2.54. The first-order valence-corrected chi connectivity index (χ1v) is 7.60. The molecule has 5 fully saturated rings. The van der Waals surface area contributed by atoms with E-state index in [9.17, 15) is 9.59 Å². The molecule has 4 heteroatoms. The van der Waals surface area contributed by atoms with Crippen LogP contribution < -0.4 is 4.72 Å². The Labute approximate surface area is 105 Å². The monoisotopic (exact) mass is 251 g/mol. The van der Waals surface area contributed by atoms with Gasteiger partial charge < -0.3 is 0 Å². The zero-order valence-electron chi connectivity index (χ0n) is 9.72. The second kappa shape index (κ2) is 3.50. The summed E-state index contributed by atoms with van der Waals surface area (Å²) in [5, 5.41) is -0.0718. The Kier molecular flexibility index (Phi) is 2.14. The fourth-order valence-corrected chi connectivity index (χ4v) is 6.22. The van der Waals surface area contributed by atoms with Gasteiger partial charge in [-0.3, -0.25) is 14.3 Å². The molecular formula is C13H17NO2S. The van der Waals surface area contributed by atoms with E-state index in [1.165, 1.54) is 44.1 Å². The summed E-state index contributed by atoms with van der Waals surface area (Å²) in [6, 6.07) is 0. The number of carbonyl (C=O) groups excluding carboxylic acids is 2. The molecule has 92 valence electrons. The summed E-state index contributed by atoms with van der Waals surface area (Å²) < 4.78 is 2.66. The Bertz CT molecular complexity index is 367. The second-order valence-corrected chi connectivity index (χ2v) is 7.29. The lowest BCUT2D eigenvalue weighted by molar-refractivity contribution is -0.137. The van der Waals surface area contributed by atoms with Crippen LogP contribution in [0.5, 0.6) is 0 Å². The first-order chi connectivity index (χ1) is 8.22. The summed E-state index contributed by atoms with van der Waals surface area (Å²) in [6.07, 6.45) is 6.70. The van der Waals surface area contributed by atoms with Gasteiger partial charge >= 0.3 is 0 Å². The predicted molar refractivity (Wildman–Crippen MR) is 65.1 cm³/mol. The third-order valence-electron chi connectivity index (χ3n) is 5.41. The largest absolute Gasteiger partial charge is 0.298 e. The van der Waals surface area contributed by atoms with Gasteiger partial charge in [0.05, 0.1) is 5.25 Å². The van der Waals surface area contributed by atoms with Gasteiger partial charge in [0.15, 0.2) is 0 Å². The molecule has 1 heterocycles. The van der Waals surface area contributed by atoms with Crippen LogP contribution in [0.2, 0.25) is 0 Å². The van der Waals surface area contributed by atoms with E-state index in [4.69, 9.17) is 0 Å². The topological polar surface area (TPSA) is 46.2 Å². The molecular weight excluding hydrogens is 234 g/mol. The smallest absolute Gasteiger partial charge is 0.293 e. The molecule has 4 saturated carbocycles. The van der Waals surface area contributed by atoms with Crippen LogP contribution in [-0.4, -0.2) is 16.9 Å². The highest BCUT2D eigenvalue weighted by Crippen LogP contribution is 2.58. The van der Waals surface area contributed by atoms with E-state index < -0.39 is 0 Å². The average Bonchev–Trinajstić information content (AvgIpc) is 2.60. The van der Waals surface area contributed by atoms with Gasteiger partial charge in [-0.2, -0.15) is 0 Å². The quantitative estimate of drug-likeness (QED) is 0.571. The fourth-order valence-electron chi connectivity index (χ4n) is 5.07. The summed E-state index contributed by atoms with van der Waals surface area (Å²) in [7, 11) is 0. The molecule has 1 unspecified atom stereocenters. The molecule has 17 heavy (non-hydrogen) atoms. The van der Waals surface area contributed by atoms with Gasteiger partial charge in [-0.15, -0.1) is 0 Å². The molecule has 5 rings (SSSR count). The van der Waals surface area contributed by atoms with Crippen molar-refractivity contribution in [2.24, 2.45) is 29.6 Å². The molecule has 3 nitrogen and oxygen atoms in total. The number of Topliss-reactive ketones (excluding diaryl/α,β-unsaturated/α-hetero) is 1. The van der Waals surface area contributed by atoms with Gasteiger partial charge in [0.25, 0.3) is 5.91 Å². The zero-order valence-corrected chi connectivity index (χ0v) is 10.5. The van der Waals surface area contributed by atoms with E-state index in [0.717, 1.165) is 23.7 Å². The first-order valence-electron chi connectivity index (χ1n) is 6.72. The minimum absolute atomic E-state index is 0.0718. The Balaban J connectivity index is 1.62. The van der Waals surface area contributed by atoms with Crippen LogP contribution in [0.1, 0.15) is 32.1 Å². The number of nitrogens with one attached hydrogen (secondary N) is 1. The molecule has 0 aromatic heterocycles. The molecule has 4 bridgehead atoms. The van der Waals surface area contributed by atoms with Crippen LogP contribution in [0.25, 0.3) is 0 Å². The van der Waals surface area contributed by atoms with Gasteiger partial charge in [0, 0.05) is 0 Å². The van der Waals surface area contributed by atoms with E-state index in [0.29, 0.717) is 5.92 Å². The van der Waals surface area contributed by atoms with Crippen molar-refractivity contribution < 1.29 is 9.59 Å². The maximum absolute atomic E-state index is 11.9. The number of amides is 1. The number of rotatable bonds is 1. The number of ketones is 1. The highest BCUT2D eigenvalue weighted by atomic mass is 32.2. The summed E-state index contributed by atoms with van der Waals surface area (Å²) in [5.41, 5.74) is 0. The van der Waals surface area contributed by atoms with E-state index in [2.05, 4.69) is 4.72 Å². The molecule has 1 atom stereocenters. The van der Waals surface area contributed by atoms with Crippen molar-refractivity contribution in [3.05, 3.63) is 0 Å². The van der Waals surface area contributed by atoms with Crippen LogP contribution in [0.15, 0.2) is 0 Å². The lowest BCUT2D eigenvalue weighted by atomic mass is 9.51. The van der Waals surface area contributed by atoms with E-state index in [1.807, 2.05) is 0 Å². The Morgan fingerprint density at radius 2 is 1.53 bits per heavy atom. The van der Waals surface area contributed by atoms with Crippen molar-refractivity contribution in [2.45, 2.75) is 37.4 Å². The molecule has 4 aliphatic carbocycles. The second-order valence-electron chi connectivity index (χ2n) is 6.34. The normalized spacial score (nSPS) is 52.0. The molecule has 1 amide bonds. The Morgan fingerprint density at radius 3 is 2.00 bits per heavy atom. The highest BCUT2D eigenvalue weighted by molar-refractivity contribution is 8.00. The van der Waals surface area contributed by atoms with E-state index in [1.54, 1.807) is 0 Å². The third kappa shape index (κ3) is 1.42. The van der Waals surface area contributed by atoms with E-state index in [-0.39, 0.29) is 16.9 Å². The van der Waals surface area contributed by atoms with E-state index >= 15 is 0 Å². The van der Waals surface area contributed by atoms with Gasteiger partial charge in [-0.25, -0.2) is 0 Å². The zero-order chi connectivity index (χ0) is 11.6. The van der Waals surface area contributed by atoms with Crippen molar-refractivity contribution in [2.75, 3.05) is 0 Å². The first kappa shape index (κ1) is 10.4. The van der Waals surface area contributed by atoms with Crippen molar-refractivity contribution in [1.82, 2.24) is 4.72 Å². The molecule has 0 aromatic rings. The van der Waals surface area contributed by atoms with Crippen LogP contribution in [0.4, 0.5) is 0 Å². The predicted octanol–water partition coefficient (Wildman–Crippen LogP) is 1.77. The maximum atomic E-state index is 11.9. The molecule has 5 aliphatic rings. The number of hydrogen-bond acceptors (Lipinski definition) is 3. The minimum Gasteiger partial charge on any atom is -0.293 e. The summed E-state index contributed by atoms with van der Waals surface area (Å²) in [4.78, 5) is 23.2. The molecule has 0 spiro atoms. The van der Waals surface area contributed by atoms with Crippen molar-refractivity contribution in [1.29, 1.82) is 0 Å². The average molecular weight is 251 g/mol. The SMILES string of the molecule is O=C1NSC(C2C3CC4CC(C3)CC2C4)C1=O. The molecule has 1 aliphatic heterocycles. The summed E-state index contributed by atoms with van der Waals surface area (Å²) in [6.45, 7) is 0. The molecule has 1 N–H and O–H groups in total. The molecule has 0 aromatic carbocycles. The van der Waals surface area contributed by atoms with Gasteiger partial charge in [0.1, 0.15) is 0 Å². The lowest BCUT2D eigenvalue weighted by Crippen LogP contribution is -2.49. The van der Waals surface area contributed by atoms with Crippen LogP contribution in [0.3, 0.4) is 0 Å². The summed E-state index contributed by atoms with van der Waals surface area (Å²) in [5.74, 6) is 3.26. The van der Waals surface area contributed by atoms with Gasteiger partial charge in [-0.05, 0) is 73.6 Å². The Morgan fingerprint density at radius 1 is 0.941 bits per heavy atom. The maximum Gasteiger partial charge on any atom is 0.298 e. The van der Waals surface area contributed by atoms with Crippen LogP contribution in [0, 0.1) is 29.6 Å². The fraction of sp³-hybridized carbons (Fsp3) is 0.846. The number of carbonyl (C=O) groups is 2. The van der Waals surface area contributed by atoms with Gasteiger partial charge in [-0.1, -0.05) is 0 Å².